The van der Waals surface area contributed by atoms with Gasteiger partial charge in [-0.3, -0.25) is 14.6 Å². The summed E-state index contributed by atoms with van der Waals surface area (Å²) in [6.45, 7) is 0.632. The SMILES string of the molecule is O=C(Nc1ccccc1)c1cc(-c2cc3c([nH]2)CCNC3=O)ccn1. The molecule has 1 aliphatic heterocycles. The van der Waals surface area contributed by atoms with Gasteiger partial charge in [-0.15, -0.1) is 0 Å². The van der Waals surface area contributed by atoms with Crippen LogP contribution in [0.2, 0.25) is 0 Å². The highest BCUT2D eigenvalue weighted by Crippen LogP contribution is 2.24. The van der Waals surface area contributed by atoms with Crippen molar-refractivity contribution in [1.82, 2.24) is 15.3 Å². The number of aromatic amines is 1. The minimum atomic E-state index is -0.276. The lowest BCUT2D eigenvalue weighted by Crippen LogP contribution is -2.31. The Hall–Kier alpha value is -3.41. The van der Waals surface area contributed by atoms with E-state index in [0.717, 1.165) is 23.4 Å². The van der Waals surface area contributed by atoms with Crippen molar-refractivity contribution < 1.29 is 9.59 Å². The van der Waals surface area contributed by atoms with Gasteiger partial charge in [0.2, 0.25) is 0 Å². The van der Waals surface area contributed by atoms with E-state index in [1.54, 1.807) is 12.3 Å². The van der Waals surface area contributed by atoms with Crippen LogP contribution < -0.4 is 10.6 Å². The number of aromatic nitrogens is 2. The summed E-state index contributed by atoms with van der Waals surface area (Å²) in [5.41, 5.74) is 4.23. The number of pyridine rings is 1. The van der Waals surface area contributed by atoms with Crippen molar-refractivity contribution in [3.8, 4) is 11.3 Å². The first-order valence-corrected chi connectivity index (χ1v) is 8.03. The fourth-order valence-electron chi connectivity index (χ4n) is 2.89. The second-order valence-electron chi connectivity index (χ2n) is 5.83. The summed E-state index contributed by atoms with van der Waals surface area (Å²) in [4.78, 5) is 31.7. The van der Waals surface area contributed by atoms with Crippen molar-refractivity contribution in [1.29, 1.82) is 0 Å². The molecule has 3 heterocycles. The van der Waals surface area contributed by atoms with E-state index < -0.39 is 0 Å². The number of carbonyl (C=O) groups is 2. The summed E-state index contributed by atoms with van der Waals surface area (Å²) in [5.74, 6) is -0.345. The van der Waals surface area contributed by atoms with Gasteiger partial charge in [0.05, 0.1) is 5.56 Å². The van der Waals surface area contributed by atoms with Gasteiger partial charge in [-0.05, 0) is 30.3 Å². The van der Waals surface area contributed by atoms with Crippen LogP contribution in [-0.2, 0) is 6.42 Å². The lowest BCUT2D eigenvalue weighted by atomic mass is 10.1. The van der Waals surface area contributed by atoms with Crippen LogP contribution in [0.25, 0.3) is 11.3 Å². The maximum atomic E-state index is 12.4. The van der Waals surface area contributed by atoms with Crippen molar-refractivity contribution in [2.45, 2.75) is 6.42 Å². The molecule has 124 valence electrons. The average Bonchev–Trinajstić information content (AvgIpc) is 3.08. The van der Waals surface area contributed by atoms with Crippen LogP contribution in [0.4, 0.5) is 5.69 Å². The monoisotopic (exact) mass is 332 g/mol. The van der Waals surface area contributed by atoms with Crippen LogP contribution >= 0.6 is 0 Å². The van der Waals surface area contributed by atoms with Crippen molar-refractivity contribution in [2.75, 3.05) is 11.9 Å². The number of nitrogens with one attached hydrogen (secondary N) is 3. The minimum absolute atomic E-state index is 0.0696. The van der Waals surface area contributed by atoms with E-state index in [1.165, 1.54) is 0 Å². The molecule has 3 aromatic rings. The fraction of sp³-hybridized carbons (Fsp3) is 0.105. The van der Waals surface area contributed by atoms with Crippen molar-refractivity contribution in [3.63, 3.8) is 0 Å². The number of anilines is 1. The molecule has 0 saturated carbocycles. The van der Waals surface area contributed by atoms with E-state index in [2.05, 4.69) is 20.6 Å². The second-order valence-corrected chi connectivity index (χ2v) is 5.83. The molecule has 1 aliphatic rings. The summed E-state index contributed by atoms with van der Waals surface area (Å²) < 4.78 is 0. The first-order chi connectivity index (χ1) is 12.2. The molecule has 0 fully saturated rings. The van der Waals surface area contributed by atoms with Crippen molar-refractivity contribution >= 4 is 17.5 Å². The summed E-state index contributed by atoms with van der Waals surface area (Å²) in [6, 6.07) is 14.6. The van der Waals surface area contributed by atoms with Crippen molar-refractivity contribution in [2.24, 2.45) is 0 Å². The normalized spacial score (nSPS) is 13.0. The Morgan fingerprint density at radius 1 is 1.12 bits per heavy atom. The molecule has 2 aromatic heterocycles. The van der Waals surface area contributed by atoms with Gasteiger partial charge in [-0.25, -0.2) is 0 Å². The topological polar surface area (TPSA) is 86.9 Å². The number of H-pyrrole nitrogens is 1. The predicted molar refractivity (Wildman–Crippen MR) is 94.5 cm³/mol. The zero-order valence-corrected chi connectivity index (χ0v) is 13.4. The number of hydrogen-bond donors (Lipinski definition) is 3. The van der Waals surface area contributed by atoms with Crippen LogP contribution in [-0.4, -0.2) is 28.3 Å². The molecule has 0 atom stereocenters. The Kier molecular flexibility index (Phi) is 3.78. The molecule has 0 aliphatic carbocycles. The molecule has 0 radical (unpaired) electrons. The largest absolute Gasteiger partial charge is 0.358 e. The van der Waals surface area contributed by atoms with Gasteiger partial charge >= 0.3 is 0 Å². The third kappa shape index (κ3) is 3.01. The number of amides is 2. The molecule has 2 amide bonds. The minimum Gasteiger partial charge on any atom is -0.358 e. The Bertz CT molecular complexity index is 947. The van der Waals surface area contributed by atoms with E-state index in [4.69, 9.17) is 0 Å². The molecular weight excluding hydrogens is 316 g/mol. The second kappa shape index (κ2) is 6.24. The van der Waals surface area contributed by atoms with E-state index in [0.29, 0.717) is 23.5 Å². The van der Waals surface area contributed by atoms with Crippen molar-refractivity contribution in [3.05, 3.63) is 71.7 Å². The van der Waals surface area contributed by atoms with Gasteiger partial charge in [0.25, 0.3) is 11.8 Å². The number of rotatable bonds is 3. The molecule has 4 rings (SSSR count). The van der Waals surface area contributed by atoms with Gasteiger partial charge in [-0.2, -0.15) is 0 Å². The van der Waals surface area contributed by atoms with Gasteiger partial charge < -0.3 is 15.6 Å². The van der Waals surface area contributed by atoms with Gasteiger partial charge in [0, 0.05) is 41.8 Å². The Morgan fingerprint density at radius 2 is 1.96 bits per heavy atom. The highest BCUT2D eigenvalue weighted by atomic mass is 16.2. The van der Waals surface area contributed by atoms with Crippen LogP contribution in [0.15, 0.2) is 54.7 Å². The first kappa shape index (κ1) is 15.1. The van der Waals surface area contributed by atoms with Crippen LogP contribution in [0, 0.1) is 0 Å². The predicted octanol–water partition coefficient (Wildman–Crippen LogP) is 2.61. The average molecular weight is 332 g/mol. The maximum absolute atomic E-state index is 12.4. The molecule has 6 nitrogen and oxygen atoms in total. The quantitative estimate of drug-likeness (QED) is 0.689. The summed E-state index contributed by atoms with van der Waals surface area (Å²) in [5, 5.41) is 5.64. The lowest BCUT2D eigenvalue weighted by molar-refractivity contribution is 0.0945. The molecular formula is C19H16N4O2. The molecule has 0 saturated heterocycles. The van der Waals surface area contributed by atoms with E-state index in [-0.39, 0.29) is 11.8 Å². The highest BCUT2D eigenvalue weighted by Gasteiger charge is 2.20. The number of benzene rings is 1. The molecule has 1 aromatic carbocycles. The first-order valence-electron chi connectivity index (χ1n) is 8.03. The lowest BCUT2D eigenvalue weighted by Gasteiger charge is -2.10. The molecule has 0 unspecified atom stereocenters. The zero-order chi connectivity index (χ0) is 17.2. The van der Waals surface area contributed by atoms with E-state index >= 15 is 0 Å². The molecule has 6 heteroatoms. The van der Waals surface area contributed by atoms with Crippen LogP contribution in [0.3, 0.4) is 0 Å². The van der Waals surface area contributed by atoms with E-state index in [9.17, 15) is 9.59 Å². The standard InChI is InChI=1S/C19H16N4O2/c24-18-14-11-16(23-15(14)7-9-21-18)12-6-8-20-17(10-12)19(25)22-13-4-2-1-3-5-13/h1-6,8,10-11,23H,7,9H2,(H,21,24)(H,22,25). The summed E-state index contributed by atoms with van der Waals surface area (Å²) in [6.07, 6.45) is 2.36. The number of nitrogens with zero attached hydrogens (tertiary/aromatic N) is 1. The highest BCUT2D eigenvalue weighted by molar-refractivity contribution is 6.03. The number of hydrogen-bond acceptors (Lipinski definition) is 3. The van der Waals surface area contributed by atoms with Crippen LogP contribution in [0.5, 0.6) is 0 Å². The third-order valence-corrected chi connectivity index (χ3v) is 4.14. The molecule has 25 heavy (non-hydrogen) atoms. The molecule has 3 N–H and O–H groups in total. The number of carbonyl (C=O) groups excluding carboxylic acids is 2. The van der Waals surface area contributed by atoms with Gasteiger partial charge in [0.15, 0.2) is 0 Å². The number of para-hydroxylation sites is 1. The number of fused-ring (bicyclic) bond motifs is 1. The third-order valence-electron chi connectivity index (χ3n) is 4.14. The zero-order valence-electron chi connectivity index (χ0n) is 13.4. The Morgan fingerprint density at radius 3 is 2.76 bits per heavy atom. The smallest absolute Gasteiger partial charge is 0.274 e. The maximum Gasteiger partial charge on any atom is 0.274 e. The van der Waals surface area contributed by atoms with E-state index in [1.807, 2.05) is 42.5 Å². The Balaban J connectivity index is 1.61. The summed E-state index contributed by atoms with van der Waals surface area (Å²) >= 11 is 0. The Labute approximate surface area is 144 Å². The van der Waals surface area contributed by atoms with Crippen LogP contribution in [0.1, 0.15) is 26.5 Å². The fourth-order valence-corrected chi connectivity index (χ4v) is 2.89. The van der Waals surface area contributed by atoms with Gasteiger partial charge in [-0.1, -0.05) is 18.2 Å². The van der Waals surface area contributed by atoms with Gasteiger partial charge in [0.1, 0.15) is 5.69 Å². The molecule has 0 spiro atoms. The molecule has 0 bridgehead atoms. The summed E-state index contributed by atoms with van der Waals surface area (Å²) in [7, 11) is 0.